The van der Waals surface area contributed by atoms with Gasteiger partial charge in [-0.1, -0.05) is 19.3 Å². The molecular formula is C9H14O2. The number of carboxylic acid groups (broad SMARTS) is 1. The van der Waals surface area contributed by atoms with E-state index in [9.17, 15) is 4.79 Å². The lowest BCUT2D eigenvalue weighted by Crippen LogP contribution is -2.25. The van der Waals surface area contributed by atoms with Gasteiger partial charge in [0.1, 0.15) is 5.41 Å². The first-order valence-corrected chi connectivity index (χ1v) is 3.74. The van der Waals surface area contributed by atoms with Crippen LogP contribution in [0.3, 0.4) is 0 Å². The summed E-state index contributed by atoms with van der Waals surface area (Å²) < 4.78 is 0. The largest absolute Gasteiger partial charge is 0.480 e. The Kier molecular flexibility index (Phi) is 3.67. The molecule has 0 rings (SSSR count). The van der Waals surface area contributed by atoms with Crippen molar-refractivity contribution in [3.63, 3.8) is 0 Å². The second kappa shape index (κ2) is 4.02. The summed E-state index contributed by atoms with van der Waals surface area (Å²) in [7, 11) is 0. The summed E-state index contributed by atoms with van der Waals surface area (Å²) in [6.07, 6.45) is 1.46. The van der Waals surface area contributed by atoms with Crippen molar-refractivity contribution in [1.82, 2.24) is 0 Å². The quantitative estimate of drug-likeness (QED) is 0.630. The van der Waals surface area contributed by atoms with Gasteiger partial charge in [-0.05, 0) is 20.3 Å². The topological polar surface area (TPSA) is 37.3 Å². The number of carbonyl (C=O) groups is 1. The Labute approximate surface area is 67.6 Å². The molecule has 0 spiro atoms. The molecule has 0 bridgehead atoms. The molecule has 0 aliphatic rings. The fraction of sp³-hybridized carbons (Fsp3) is 0.667. The Morgan fingerprint density at radius 2 is 2.18 bits per heavy atom. The summed E-state index contributed by atoms with van der Waals surface area (Å²) >= 11 is 0. The van der Waals surface area contributed by atoms with Gasteiger partial charge in [-0.25, -0.2) is 0 Å². The van der Waals surface area contributed by atoms with E-state index in [1.807, 2.05) is 6.92 Å². The first-order valence-electron chi connectivity index (χ1n) is 3.74. The van der Waals surface area contributed by atoms with E-state index in [4.69, 9.17) is 5.11 Å². The molecule has 0 aromatic rings. The first kappa shape index (κ1) is 10.0. The molecule has 0 aliphatic heterocycles. The molecule has 0 saturated heterocycles. The molecule has 0 saturated carbocycles. The van der Waals surface area contributed by atoms with Gasteiger partial charge in [0.05, 0.1) is 0 Å². The second-order valence-electron chi connectivity index (χ2n) is 2.76. The number of hydrogen-bond donors (Lipinski definition) is 1. The minimum atomic E-state index is -0.844. The summed E-state index contributed by atoms with van der Waals surface area (Å²) in [5.74, 6) is 4.53. The van der Waals surface area contributed by atoms with Crippen molar-refractivity contribution in [2.45, 2.75) is 33.6 Å². The zero-order valence-electron chi connectivity index (χ0n) is 7.27. The van der Waals surface area contributed by atoms with Crippen LogP contribution in [0.5, 0.6) is 0 Å². The third-order valence-corrected chi connectivity index (χ3v) is 1.62. The van der Waals surface area contributed by atoms with Crippen molar-refractivity contribution in [3.8, 4) is 11.8 Å². The summed E-state index contributed by atoms with van der Waals surface area (Å²) in [5, 5.41) is 8.79. The highest BCUT2D eigenvalue weighted by molar-refractivity contribution is 5.78. The molecule has 62 valence electrons. The number of carboxylic acids is 1. The molecular weight excluding hydrogens is 140 g/mol. The lowest BCUT2D eigenvalue weighted by atomic mass is 9.86. The Balaban J connectivity index is 4.47. The van der Waals surface area contributed by atoms with Crippen molar-refractivity contribution in [1.29, 1.82) is 0 Å². The highest BCUT2D eigenvalue weighted by Gasteiger charge is 2.29. The van der Waals surface area contributed by atoms with E-state index >= 15 is 0 Å². The fourth-order valence-corrected chi connectivity index (χ4v) is 0.999. The van der Waals surface area contributed by atoms with Crippen molar-refractivity contribution in [3.05, 3.63) is 0 Å². The SMILES string of the molecule is CC#CC(C)(CCC)C(=O)O. The molecule has 0 aromatic heterocycles. The molecule has 2 heteroatoms. The van der Waals surface area contributed by atoms with Crippen LogP contribution in [0, 0.1) is 17.3 Å². The van der Waals surface area contributed by atoms with Crippen LogP contribution in [-0.4, -0.2) is 11.1 Å². The normalized spacial score (nSPS) is 14.5. The highest BCUT2D eigenvalue weighted by atomic mass is 16.4. The van der Waals surface area contributed by atoms with Gasteiger partial charge in [0.15, 0.2) is 0 Å². The third-order valence-electron chi connectivity index (χ3n) is 1.62. The zero-order valence-corrected chi connectivity index (χ0v) is 7.27. The van der Waals surface area contributed by atoms with Crippen LogP contribution in [0.25, 0.3) is 0 Å². The van der Waals surface area contributed by atoms with E-state index in [1.165, 1.54) is 0 Å². The van der Waals surface area contributed by atoms with E-state index in [0.717, 1.165) is 6.42 Å². The van der Waals surface area contributed by atoms with Gasteiger partial charge in [-0.3, -0.25) is 4.79 Å². The van der Waals surface area contributed by atoms with Crippen LogP contribution in [0.15, 0.2) is 0 Å². The van der Waals surface area contributed by atoms with Crippen molar-refractivity contribution in [2.75, 3.05) is 0 Å². The van der Waals surface area contributed by atoms with Gasteiger partial charge in [0, 0.05) is 0 Å². The van der Waals surface area contributed by atoms with Gasteiger partial charge in [-0.2, -0.15) is 0 Å². The van der Waals surface area contributed by atoms with Crippen molar-refractivity contribution >= 4 is 5.97 Å². The van der Waals surface area contributed by atoms with Crippen LogP contribution in [0.1, 0.15) is 33.6 Å². The van der Waals surface area contributed by atoms with Gasteiger partial charge < -0.3 is 5.11 Å². The van der Waals surface area contributed by atoms with Gasteiger partial charge in [0.2, 0.25) is 0 Å². The predicted octanol–water partition coefficient (Wildman–Crippen LogP) is 1.90. The van der Waals surface area contributed by atoms with Crippen LogP contribution in [0.2, 0.25) is 0 Å². The monoisotopic (exact) mass is 154 g/mol. The zero-order chi connectivity index (χ0) is 8.91. The van der Waals surface area contributed by atoms with Crippen molar-refractivity contribution < 1.29 is 9.90 Å². The summed E-state index contributed by atoms with van der Waals surface area (Å²) in [6, 6.07) is 0. The minimum Gasteiger partial charge on any atom is -0.480 e. The van der Waals surface area contributed by atoms with E-state index in [1.54, 1.807) is 13.8 Å². The lowest BCUT2D eigenvalue weighted by molar-refractivity contribution is -0.144. The molecule has 0 fully saturated rings. The Morgan fingerprint density at radius 1 is 1.64 bits per heavy atom. The maximum absolute atomic E-state index is 10.7. The molecule has 2 nitrogen and oxygen atoms in total. The van der Waals surface area contributed by atoms with Gasteiger partial charge in [0.25, 0.3) is 0 Å². The highest BCUT2D eigenvalue weighted by Crippen LogP contribution is 2.21. The average molecular weight is 154 g/mol. The van der Waals surface area contributed by atoms with E-state index in [2.05, 4.69) is 11.8 Å². The van der Waals surface area contributed by atoms with Gasteiger partial charge >= 0.3 is 5.97 Å². The molecule has 1 unspecified atom stereocenters. The molecule has 0 aromatic carbocycles. The predicted molar refractivity (Wildman–Crippen MR) is 44.1 cm³/mol. The van der Waals surface area contributed by atoms with E-state index in [-0.39, 0.29) is 0 Å². The van der Waals surface area contributed by atoms with Crippen LogP contribution in [0.4, 0.5) is 0 Å². The minimum absolute atomic E-state index is 0.614. The van der Waals surface area contributed by atoms with E-state index in [0.29, 0.717) is 6.42 Å². The lowest BCUT2D eigenvalue weighted by Gasteiger charge is -2.16. The molecule has 0 aliphatic carbocycles. The third kappa shape index (κ3) is 2.63. The maximum Gasteiger partial charge on any atom is 0.321 e. The summed E-state index contributed by atoms with van der Waals surface area (Å²) in [5.41, 5.74) is -0.844. The number of aliphatic carboxylic acids is 1. The molecule has 11 heavy (non-hydrogen) atoms. The first-order chi connectivity index (χ1) is 5.06. The second-order valence-corrected chi connectivity index (χ2v) is 2.76. The summed E-state index contributed by atoms with van der Waals surface area (Å²) in [6.45, 7) is 5.28. The Bertz CT molecular complexity index is 197. The van der Waals surface area contributed by atoms with Crippen LogP contribution >= 0.6 is 0 Å². The Morgan fingerprint density at radius 3 is 2.45 bits per heavy atom. The molecule has 1 atom stereocenters. The molecule has 0 heterocycles. The number of hydrogen-bond acceptors (Lipinski definition) is 1. The molecule has 0 radical (unpaired) electrons. The average Bonchev–Trinajstić information content (AvgIpc) is 1.88. The fourth-order valence-electron chi connectivity index (χ4n) is 0.999. The number of rotatable bonds is 3. The smallest absolute Gasteiger partial charge is 0.321 e. The van der Waals surface area contributed by atoms with E-state index < -0.39 is 11.4 Å². The maximum atomic E-state index is 10.7. The molecule has 0 amide bonds. The van der Waals surface area contributed by atoms with Crippen LogP contribution < -0.4 is 0 Å². The molecule has 1 N–H and O–H groups in total. The van der Waals surface area contributed by atoms with Crippen molar-refractivity contribution in [2.24, 2.45) is 5.41 Å². The van der Waals surface area contributed by atoms with Crippen LogP contribution in [-0.2, 0) is 4.79 Å². The van der Waals surface area contributed by atoms with Gasteiger partial charge in [-0.15, -0.1) is 5.92 Å². The standard InChI is InChI=1S/C9H14O2/c1-4-6-9(3,7-5-2)8(10)11/h4,6H2,1-3H3,(H,10,11). The summed E-state index contributed by atoms with van der Waals surface area (Å²) in [4.78, 5) is 10.7. The Hall–Kier alpha value is -0.970.